The highest BCUT2D eigenvalue weighted by molar-refractivity contribution is 6.05. The highest BCUT2D eigenvalue weighted by Crippen LogP contribution is 2.37. The molecule has 6 rings (SSSR count). The number of ether oxygens (including phenoxy) is 1. The summed E-state index contributed by atoms with van der Waals surface area (Å²) in [7, 11) is 0. The van der Waals surface area contributed by atoms with Gasteiger partial charge in [-0.2, -0.15) is 0 Å². The molecule has 3 fully saturated rings. The Morgan fingerprint density at radius 1 is 0.952 bits per heavy atom. The maximum Gasteiger partial charge on any atom is 0.333 e. The van der Waals surface area contributed by atoms with Gasteiger partial charge in [0.05, 0.1) is 22.5 Å². The Hall–Kier alpha value is -3.57. The summed E-state index contributed by atoms with van der Waals surface area (Å²) in [6.45, 7) is 4.85. The first-order chi connectivity index (χ1) is 19.7. The molecule has 10 nitrogen and oxygen atoms in total. The number of carbonyl (C=O) groups is 2. The molecule has 1 N–H and O–H groups in total. The van der Waals surface area contributed by atoms with Crippen LogP contribution in [-0.4, -0.2) is 61.1 Å². The number of aromatic nitrogens is 4. The fourth-order valence-corrected chi connectivity index (χ4v) is 6.29. The van der Waals surface area contributed by atoms with Crippen molar-refractivity contribution < 1.29 is 18.7 Å². The maximum absolute atomic E-state index is 13.7. The number of anilines is 1. The highest BCUT2D eigenvalue weighted by Gasteiger charge is 2.48. The van der Waals surface area contributed by atoms with Gasteiger partial charge in [-0.15, -0.1) is 12.4 Å². The summed E-state index contributed by atoms with van der Waals surface area (Å²) in [5, 5.41) is 3.42. The molecule has 4 heterocycles. The van der Waals surface area contributed by atoms with E-state index in [0.29, 0.717) is 36.2 Å². The van der Waals surface area contributed by atoms with E-state index in [1.165, 1.54) is 17.0 Å². The Labute approximate surface area is 249 Å². The molecule has 1 aromatic carbocycles. The number of imidazole rings is 1. The average Bonchev–Trinajstić information content (AvgIpc) is 3.41. The smallest absolute Gasteiger partial charge is 0.333 e. The van der Waals surface area contributed by atoms with Gasteiger partial charge in [0.1, 0.15) is 5.82 Å². The van der Waals surface area contributed by atoms with Crippen LogP contribution in [0, 0.1) is 11.2 Å². The zero-order valence-corrected chi connectivity index (χ0v) is 24.6. The molecule has 0 atom stereocenters. The largest absolute Gasteiger partial charge is 0.381 e. The van der Waals surface area contributed by atoms with Gasteiger partial charge in [0.15, 0.2) is 0 Å². The predicted molar refractivity (Wildman–Crippen MR) is 157 cm³/mol. The van der Waals surface area contributed by atoms with E-state index in [1.807, 2.05) is 20.0 Å². The van der Waals surface area contributed by atoms with Crippen molar-refractivity contribution in [3.8, 4) is 17.1 Å². The second-order valence-corrected chi connectivity index (χ2v) is 11.9. The van der Waals surface area contributed by atoms with Gasteiger partial charge in [0, 0.05) is 50.2 Å². The number of halogens is 2. The number of rotatable bonds is 6. The van der Waals surface area contributed by atoms with E-state index in [2.05, 4.69) is 10.3 Å². The first-order valence-corrected chi connectivity index (χ1v) is 14.4. The lowest BCUT2D eigenvalue weighted by atomic mass is 9.89. The van der Waals surface area contributed by atoms with Crippen molar-refractivity contribution in [3.63, 3.8) is 0 Å². The van der Waals surface area contributed by atoms with Crippen LogP contribution in [0.1, 0.15) is 64.8 Å². The minimum absolute atomic E-state index is 0. The highest BCUT2D eigenvalue weighted by atomic mass is 35.5. The van der Waals surface area contributed by atoms with Gasteiger partial charge in [-0.3, -0.25) is 23.6 Å². The van der Waals surface area contributed by atoms with E-state index >= 15 is 0 Å². The molecule has 2 aliphatic heterocycles. The Morgan fingerprint density at radius 3 is 2.29 bits per heavy atom. The number of imide groups is 1. The minimum Gasteiger partial charge on any atom is -0.381 e. The number of hydrogen-bond donors (Lipinski definition) is 1. The maximum atomic E-state index is 13.7. The van der Waals surface area contributed by atoms with Crippen molar-refractivity contribution in [2.75, 3.05) is 18.5 Å². The fourth-order valence-electron chi connectivity index (χ4n) is 6.29. The molecular weight excluding hydrogens is 563 g/mol. The van der Waals surface area contributed by atoms with E-state index in [4.69, 9.17) is 9.72 Å². The van der Waals surface area contributed by atoms with E-state index in [9.17, 15) is 18.8 Å². The van der Waals surface area contributed by atoms with Crippen LogP contribution in [0.15, 0.2) is 47.5 Å². The molecule has 3 aromatic rings. The molecule has 2 aromatic heterocycles. The topological polar surface area (TPSA) is 111 Å². The fraction of sp³-hybridized carbons (Fsp3) is 0.500. The molecule has 0 radical (unpaired) electrons. The summed E-state index contributed by atoms with van der Waals surface area (Å²) < 4.78 is 22.5. The van der Waals surface area contributed by atoms with E-state index in [-0.39, 0.29) is 60.3 Å². The Balaban J connectivity index is 0.00000353. The lowest BCUT2D eigenvalue weighted by Gasteiger charge is -2.34. The summed E-state index contributed by atoms with van der Waals surface area (Å²) in [5.41, 5.74) is 0.880. The molecule has 0 spiro atoms. The zero-order chi connectivity index (χ0) is 28.7. The lowest BCUT2D eigenvalue weighted by Crippen LogP contribution is -2.45. The van der Waals surface area contributed by atoms with Crippen LogP contribution in [0.3, 0.4) is 0 Å². The summed E-state index contributed by atoms with van der Waals surface area (Å²) in [6, 6.07) is 7.64. The Kier molecular flexibility index (Phi) is 8.52. The molecule has 0 unspecified atom stereocenters. The lowest BCUT2D eigenvalue weighted by molar-refractivity contribution is -0.144. The van der Waals surface area contributed by atoms with Crippen LogP contribution in [0.5, 0.6) is 0 Å². The number of hydrogen-bond acceptors (Lipinski definition) is 7. The number of nitrogens with one attached hydrogen (secondary N) is 1. The van der Waals surface area contributed by atoms with E-state index in [1.54, 1.807) is 33.5 Å². The van der Waals surface area contributed by atoms with E-state index < -0.39 is 5.41 Å². The number of carbonyl (C=O) groups excluding carboxylic acids is 2. The first kappa shape index (κ1) is 29.9. The summed E-state index contributed by atoms with van der Waals surface area (Å²) in [6.07, 6.45) is 8.22. The Morgan fingerprint density at radius 2 is 1.64 bits per heavy atom. The van der Waals surface area contributed by atoms with Gasteiger partial charge in [0.25, 0.3) is 0 Å². The number of amides is 2. The zero-order valence-electron chi connectivity index (χ0n) is 23.8. The van der Waals surface area contributed by atoms with E-state index in [0.717, 1.165) is 38.5 Å². The number of nitrogens with zero attached hydrogens (tertiary/aromatic N) is 5. The predicted octanol–water partition coefficient (Wildman–Crippen LogP) is 4.52. The normalized spacial score (nSPS) is 22.7. The molecule has 3 aliphatic rings. The van der Waals surface area contributed by atoms with Gasteiger partial charge in [-0.1, -0.05) is 13.8 Å². The molecule has 2 saturated heterocycles. The van der Waals surface area contributed by atoms with Crippen LogP contribution in [0.4, 0.5) is 10.3 Å². The third-order valence-electron chi connectivity index (χ3n) is 8.56. The SMILES string of the molecule is CC1(C)CC(=O)N(C2CCC(Nc3nccc(-c4cn(C5CCOCC5)c(=O)n4-c4ccc(F)cc4)n3)CC2)C1=O.Cl. The molecule has 2 amide bonds. The molecule has 12 heteroatoms. The van der Waals surface area contributed by atoms with Gasteiger partial charge >= 0.3 is 5.69 Å². The monoisotopic (exact) mass is 598 g/mol. The molecule has 0 bridgehead atoms. The number of likely N-dealkylation sites (tertiary alicyclic amines) is 1. The second-order valence-electron chi connectivity index (χ2n) is 11.9. The van der Waals surface area contributed by atoms with Crippen molar-refractivity contribution in [3.05, 3.63) is 59.0 Å². The van der Waals surface area contributed by atoms with Crippen molar-refractivity contribution in [1.29, 1.82) is 0 Å². The van der Waals surface area contributed by atoms with Gasteiger partial charge in [-0.25, -0.2) is 19.2 Å². The minimum atomic E-state index is -0.626. The summed E-state index contributed by atoms with van der Waals surface area (Å²) >= 11 is 0. The van der Waals surface area contributed by atoms with Crippen molar-refractivity contribution in [2.24, 2.45) is 5.41 Å². The van der Waals surface area contributed by atoms with Crippen LogP contribution in [0.2, 0.25) is 0 Å². The standard InChI is InChI=1S/C30H35FN6O4.ClH/c1-30(2)17-26(38)37(27(30)39)23-9-5-20(6-10-23)33-28-32-14-11-24(34-28)25-18-35(21-12-15-41-16-13-21)29(40)36(25)22-7-3-19(31)4-8-22;/h3-4,7-8,11,14,18,20-21,23H,5-6,9-10,12-13,15-17H2,1-2H3,(H,32,33,34);1H. The van der Waals surface area contributed by atoms with Gasteiger partial charge < -0.3 is 10.1 Å². The van der Waals surface area contributed by atoms with Crippen molar-refractivity contribution in [1.82, 2.24) is 24.0 Å². The quantitative estimate of drug-likeness (QED) is 0.415. The number of benzene rings is 1. The van der Waals surface area contributed by atoms with Crippen LogP contribution < -0.4 is 11.0 Å². The second kappa shape index (κ2) is 12.0. The summed E-state index contributed by atoms with van der Waals surface area (Å²) in [4.78, 5) is 49.7. The molecule has 42 heavy (non-hydrogen) atoms. The average molecular weight is 599 g/mol. The summed E-state index contributed by atoms with van der Waals surface area (Å²) in [5.74, 6) is -0.0860. The third kappa shape index (κ3) is 5.72. The third-order valence-corrected chi connectivity index (χ3v) is 8.56. The van der Waals surface area contributed by atoms with Crippen molar-refractivity contribution in [2.45, 2.75) is 76.9 Å². The van der Waals surface area contributed by atoms with Gasteiger partial charge in [0.2, 0.25) is 17.8 Å². The van der Waals surface area contributed by atoms with Crippen LogP contribution in [-0.2, 0) is 14.3 Å². The molecule has 224 valence electrons. The van der Waals surface area contributed by atoms with Crippen LogP contribution in [0.25, 0.3) is 17.1 Å². The molecule has 1 aliphatic carbocycles. The molecule has 1 saturated carbocycles. The van der Waals surface area contributed by atoms with Crippen molar-refractivity contribution >= 4 is 30.2 Å². The van der Waals surface area contributed by atoms with Gasteiger partial charge in [-0.05, 0) is 68.9 Å². The Bertz CT molecular complexity index is 1510. The van der Waals surface area contributed by atoms with Crippen LogP contribution >= 0.6 is 12.4 Å². The molecular formula is C30H36ClFN6O4. The first-order valence-electron chi connectivity index (χ1n) is 14.4.